The molecule has 2 amide bonds. The molecule has 0 spiro atoms. The maximum Gasteiger partial charge on any atom is 0.248 e. The molecule has 1 saturated heterocycles. The van der Waals surface area contributed by atoms with Gasteiger partial charge in [-0.1, -0.05) is 0 Å². The maximum absolute atomic E-state index is 11.7. The van der Waals surface area contributed by atoms with Crippen molar-refractivity contribution >= 4 is 11.8 Å². The Hall–Kier alpha value is -1.61. The van der Waals surface area contributed by atoms with Crippen LogP contribution < -0.4 is 5.73 Å². The molecule has 0 aromatic rings. The number of nitriles is 1. The lowest BCUT2D eigenvalue weighted by Gasteiger charge is -2.35. The number of amides is 2. The van der Waals surface area contributed by atoms with Crippen LogP contribution in [0.1, 0.15) is 19.8 Å². The Kier molecular flexibility index (Phi) is 4.46. The SMILES string of the molecule is C[C@]1(C#N)CCCN(C(=O)COCC(N)=O)C1. The van der Waals surface area contributed by atoms with Crippen molar-refractivity contribution in [1.29, 1.82) is 5.26 Å². The molecule has 6 heteroatoms. The highest BCUT2D eigenvalue weighted by molar-refractivity contribution is 5.79. The minimum Gasteiger partial charge on any atom is -0.368 e. The van der Waals surface area contributed by atoms with E-state index in [1.165, 1.54) is 0 Å². The smallest absolute Gasteiger partial charge is 0.248 e. The van der Waals surface area contributed by atoms with Crippen molar-refractivity contribution in [3.05, 3.63) is 0 Å². The fraction of sp³-hybridized carbons (Fsp3) is 0.727. The summed E-state index contributed by atoms with van der Waals surface area (Å²) in [5.74, 6) is -0.800. The van der Waals surface area contributed by atoms with E-state index in [0.717, 1.165) is 12.8 Å². The number of piperidine rings is 1. The van der Waals surface area contributed by atoms with Gasteiger partial charge in [0.15, 0.2) is 0 Å². The molecular weight excluding hydrogens is 222 g/mol. The molecular formula is C11H17N3O3. The Morgan fingerprint density at radius 3 is 2.82 bits per heavy atom. The minimum absolute atomic E-state index is 0.162. The van der Waals surface area contributed by atoms with Crippen molar-refractivity contribution in [2.24, 2.45) is 11.1 Å². The van der Waals surface area contributed by atoms with Crippen molar-refractivity contribution in [3.8, 4) is 6.07 Å². The van der Waals surface area contributed by atoms with E-state index in [0.29, 0.717) is 13.1 Å². The number of carbonyl (C=O) groups excluding carboxylic acids is 2. The van der Waals surface area contributed by atoms with Crippen LogP contribution in [0.3, 0.4) is 0 Å². The molecule has 17 heavy (non-hydrogen) atoms. The monoisotopic (exact) mass is 239 g/mol. The van der Waals surface area contributed by atoms with E-state index in [1.807, 2.05) is 6.92 Å². The summed E-state index contributed by atoms with van der Waals surface area (Å²) in [5, 5.41) is 9.02. The zero-order valence-electron chi connectivity index (χ0n) is 9.94. The highest BCUT2D eigenvalue weighted by atomic mass is 16.5. The molecule has 1 atom stereocenters. The van der Waals surface area contributed by atoms with Crippen LogP contribution in [0.15, 0.2) is 0 Å². The molecule has 0 saturated carbocycles. The molecule has 0 aromatic heterocycles. The van der Waals surface area contributed by atoms with Crippen molar-refractivity contribution in [2.75, 3.05) is 26.3 Å². The number of ether oxygens (including phenoxy) is 1. The molecule has 0 bridgehead atoms. The lowest BCUT2D eigenvalue weighted by molar-refractivity contribution is -0.140. The summed E-state index contributed by atoms with van der Waals surface area (Å²) in [6.45, 7) is 2.48. The molecule has 0 radical (unpaired) electrons. The summed E-state index contributed by atoms with van der Waals surface area (Å²) < 4.78 is 4.86. The Labute approximate surface area is 100 Å². The molecule has 2 N–H and O–H groups in total. The van der Waals surface area contributed by atoms with Crippen LogP contribution in [0.25, 0.3) is 0 Å². The number of nitrogens with two attached hydrogens (primary N) is 1. The van der Waals surface area contributed by atoms with Gasteiger partial charge in [-0.05, 0) is 19.8 Å². The molecule has 1 heterocycles. The van der Waals surface area contributed by atoms with Crippen LogP contribution >= 0.6 is 0 Å². The fourth-order valence-electron chi connectivity index (χ4n) is 1.87. The first-order valence-corrected chi connectivity index (χ1v) is 5.52. The maximum atomic E-state index is 11.7. The zero-order chi connectivity index (χ0) is 12.9. The van der Waals surface area contributed by atoms with Gasteiger partial charge in [-0.15, -0.1) is 0 Å². The molecule has 1 rings (SSSR count). The van der Waals surface area contributed by atoms with Gasteiger partial charge in [0.25, 0.3) is 0 Å². The van der Waals surface area contributed by atoms with Crippen molar-refractivity contribution in [1.82, 2.24) is 4.90 Å². The standard InChI is InChI=1S/C11H17N3O3/c1-11(7-12)3-2-4-14(8-11)10(16)6-17-5-9(13)15/h2-6,8H2,1H3,(H2,13,15)/t11-/m1/s1. The van der Waals surface area contributed by atoms with Crippen LogP contribution in [-0.2, 0) is 14.3 Å². The second-order valence-electron chi connectivity index (χ2n) is 4.55. The Bertz CT molecular complexity index is 350. The number of hydrogen-bond donors (Lipinski definition) is 1. The summed E-state index contributed by atoms with van der Waals surface area (Å²) in [7, 11) is 0. The topological polar surface area (TPSA) is 96.4 Å². The zero-order valence-corrected chi connectivity index (χ0v) is 9.94. The van der Waals surface area contributed by atoms with Gasteiger partial charge in [0.05, 0.1) is 11.5 Å². The number of primary amides is 1. The molecule has 6 nitrogen and oxygen atoms in total. The average Bonchev–Trinajstić information content (AvgIpc) is 2.28. The largest absolute Gasteiger partial charge is 0.368 e. The van der Waals surface area contributed by atoms with E-state index in [4.69, 9.17) is 15.7 Å². The predicted molar refractivity (Wildman–Crippen MR) is 59.5 cm³/mol. The third kappa shape index (κ3) is 4.04. The summed E-state index contributed by atoms with van der Waals surface area (Å²) in [5.41, 5.74) is 4.42. The summed E-state index contributed by atoms with van der Waals surface area (Å²) in [6, 6.07) is 2.23. The van der Waals surface area contributed by atoms with Crippen LogP contribution in [0.2, 0.25) is 0 Å². The first kappa shape index (κ1) is 13.5. The summed E-state index contributed by atoms with van der Waals surface area (Å²) in [4.78, 5) is 23.8. The van der Waals surface area contributed by atoms with Crippen LogP contribution in [0.4, 0.5) is 0 Å². The average molecular weight is 239 g/mol. The van der Waals surface area contributed by atoms with E-state index in [2.05, 4.69) is 6.07 Å². The number of rotatable bonds is 4. The van der Waals surface area contributed by atoms with Gasteiger partial charge in [-0.2, -0.15) is 5.26 Å². The molecule has 0 unspecified atom stereocenters. The first-order chi connectivity index (χ1) is 7.97. The summed E-state index contributed by atoms with van der Waals surface area (Å²) >= 11 is 0. The van der Waals surface area contributed by atoms with E-state index >= 15 is 0 Å². The van der Waals surface area contributed by atoms with E-state index in [-0.39, 0.29) is 19.1 Å². The van der Waals surface area contributed by atoms with Crippen LogP contribution in [0.5, 0.6) is 0 Å². The van der Waals surface area contributed by atoms with E-state index in [9.17, 15) is 9.59 Å². The Morgan fingerprint density at radius 2 is 2.24 bits per heavy atom. The Morgan fingerprint density at radius 1 is 1.53 bits per heavy atom. The van der Waals surface area contributed by atoms with Crippen molar-refractivity contribution in [2.45, 2.75) is 19.8 Å². The molecule has 1 aliphatic rings. The van der Waals surface area contributed by atoms with Crippen LogP contribution in [-0.4, -0.2) is 43.0 Å². The number of likely N-dealkylation sites (tertiary alicyclic amines) is 1. The van der Waals surface area contributed by atoms with Gasteiger partial charge in [0.1, 0.15) is 13.2 Å². The second kappa shape index (κ2) is 5.64. The predicted octanol–water partition coefficient (Wildman–Crippen LogP) is -0.359. The van der Waals surface area contributed by atoms with Gasteiger partial charge < -0.3 is 15.4 Å². The highest BCUT2D eigenvalue weighted by Gasteiger charge is 2.32. The lowest BCUT2D eigenvalue weighted by Crippen LogP contribution is -2.45. The number of carbonyl (C=O) groups is 2. The third-order valence-electron chi connectivity index (χ3n) is 2.79. The molecule has 94 valence electrons. The molecule has 0 aliphatic carbocycles. The van der Waals surface area contributed by atoms with E-state index < -0.39 is 11.3 Å². The fourth-order valence-corrected chi connectivity index (χ4v) is 1.87. The molecule has 1 aliphatic heterocycles. The molecule has 1 fully saturated rings. The van der Waals surface area contributed by atoms with Crippen LogP contribution in [0, 0.1) is 16.7 Å². The second-order valence-corrected chi connectivity index (χ2v) is 4.55. The minimum atomic E-state index is -0.599. The first-order valence-electron chi connectivity index (χ1n) is 5.52. The lowest BCUT2D eigenvalue weighted by atomic mass is 9.83. The number of nitrogens with zero attached hydrogens (tertiary/aromatic N) is 2. The van der Waals surface area contributed by atoms with E-state index in [1.54, 1.807) is 4.90 Å². The number of hydrogen-bond acceptors (Lipinski definition) is 4. The van der Waals surface area contributed by atoms with Gasteiger partial charge in [0.2, 0.25) is 11.8 Å². The highest BCUT2D eigenvalue weighted by Crippen LogP contribution is 2.28. The van der Waals surface area contributed by atoms with Crippen molar-refractivity contribution in [3.63, 3.8) is 0 Å². The third-order valence-corrected chi connectivity index (χ3v) is 2.79. The quantitative estimate of drug-likeness (QED) is 0.724. The van der Waals surface area contributed by atoms with Gasteiger partial charge in [-0.3, -0.25) is 9.59 Å². The molecule has 0 aromatic carbocycles. The van der Waals surface area contributed by atoms with Gasteiger partial charge in [-0.25, -0.2) is 0 Å². The Balaban J connectivity index is 2.42. The normalized spacial score (nSPS) is 24.1. The van der Waals surface area contributed by atoms with Gasteiger partial charge in [0, 0.05) is 13.1 Å². The summed E-state index contributed by atoms with van der Waals surface area (Å²) in [6.07, 6.45) is 1.61. The van der Waals surface area contributed by atoms with Crippen molar-refractivity contribution < 1.29 is 14.3 Å². The van der Waals surface area contributed by atoms with Gasteiger partial charge >= 0.3 is 0 Å².